The van der Waals surface area contributed by atoms with E-state index in [1.165, 1.54) is 0 Å². The number of carbonyl (C=O) groups excluding carboxylic acids is 2. The highest BCUT2D eigenvalue weighted by Crippen LogP contribution is 3.02. The first-order valence-electron chi connectivity index (χ1n) is 10.3. The van der Waals surface area contributed by atoms with Crippen LogP contribution in [0.25, 0.3) is 5.69 Å². The number of ether oxygens (including phenoxy) is 1. The number of primary amides is 1. The molecule has 0 bridgehead atoms. The van der Waals surface area contributed by atoms with Gasteiger partial charge in [0.05, 0.1) is 26.9 Å². The van der Waals surface area contributed by atoms with Gasteiger partial charge in [0.15, 0.2) is 5.69 Å². The zero-order valence-electron chi connectivity index (χ0n) is 18.3. The molecule has 4 rings (SSSR count). The second kappa shape index (κ2) is 7.63. The molecule has 2 saturated carbocycles. The Balaban J connectivity index is 1.87. The van der Waals surface area contributed by atoms with Gasteiger partial charge < -0.3 is 10.5 Å². The summed E-state index contributed by atoms with van der Waals surface area (Å²) in [5, 5.41) is 23.1. The summed E-state index contributed by atoms with van der Waals surface area (Å²) >= 11 is 11.9. The molecule has 1 aromatic heterocycles. The van der Waals surface area contributed by atoms with Gasteiger partial charge in [0.2, 0.25) is 5.91 Å². The number of hydrogen-bond donors (Lipinski definition) is 2. The highest BCUT2D eigenvalue weighted by atomic mass is 35.5. The smallest absolute Gasteiger partial charge is 0.412 e. The molecular weight excluding hydrogens is 570 g/mol. The van der Waals surface area contributed by atoms with E-state index in [1.54, 1.807) is 6.07 Å². The molecule has 0 aliphatic heterocycles. The van der Waals surface area contributed by atoms with Gasteiger partial charge in [-0.05, 0) is 37.8 Å². The first-order chi connectivity index (χ1) is 16.9. The van der Waals surface area contributed by atoms with E-state index in [9.17, 15) is 34.3 Å². The van der Waals surface area contributed by atoms with Gasteiger partial charge in [0.1, 0.15) is 29.1 Å². The summed E-state index contributed by atoms with van der Waals surface area (Å²) in [6.45, 7) is -0.287. The molecule has 2 amide bonds. The average molecular weight is 585 g/mol. The molecule has 0 saturated heterocycles. The van der Waals surface area contributed by atoms with Crippen LogP contribution in [0.15, 0.2) is 17.0 Å². The van der Waals surface area contributed by atoms with Crippen LogP contribution in [0.4, 0.5) is 30.0 Å². The van der Waals surface area contributed by atoms with Gasteiger partial charge in [-0.3, -0.25) is 10.1 Å². The molecule has 37 heavy (non-hydrogen) atoms. The molecule has 2 aliphatic rings. The summed E-state index contributed by atoms with van der Waals surface area (Å²) in [6, 6.07) is 3.59. The van der Waals surface area contributed by atoms with E-state index in [2.05, 4.69) is 10.4 Å². The summed E-state index contributed by atoms with van der Waals surface area (Å²) < 4.78 is 72.5. The third kappa shape index (κ3) is 4.86. The maximum absolute atomic E-state index is 13.4. The predicted octanol–water partition coefficient (Wildman–Crippen LogP) is 6.08. The summed E-state index contributed by atoms with van der Waals surface area (Å²) in [6.07, 6.45) is 0.119. The standard InChI is InChI=1S/C20H15Cl2F5N6O3S/c21-11-5-10(37(23,24,25,26)27)6-12(22)15(11)33-16(31-18(35)36-9-19(8-29)1-2-19)14(13(7-28)32-33)20(3-4-20)17(30)34/h5-6H,1-4,9H2,(H2,30,34)(H,31,35). The molecule has 2 fully saturated rings. The van der Waals surface area contributed by atoms with Crippen molar-refractivity contribution in [2.24, 2.45) is 11.1 Å². The number of carbonyl (C=O) groups is 2. The number of nitrogens with zero attached hydrogens (tertiary/aromatic N) is 4. The van der Waals surface area contributed by atoms with Crippen LogP contribution in [0.3, 0.4) is 0 Å². The molecule has 0 unspecified atom stereocenters. The number of rotatable bonds is 7. The van der Waals surface area contributed by atoms with Crippen LogP contribution in [0.1, 0.15) is 36.9 Å². The van der Waals surface area contributed by atoms with Gasteiger partial charge in [-0.2, -0.15) is 15.6 Å². The minimum absolute atomic E-state index is 0.0649. The van der Waals surface area contributed by atoms with Crippen molar-refractivity contribution in [1.82, 2.24) is 9.78 Å². The number of nitrogens with one attached hydrogen (secondary N) is 1. The average Bonchev–Trinajstić information content (AvgIpc) is 3.69. The molecule has 2 aromatic rings. The number of hydrogen-bond acceptors (Lipinski definition) is 6. The molecule has 3 N–H and O–H groups in total. The van der Waals surface area contributed by atoms with Crippen molar-refractivity contribution < 1.29 is 33.8 Å². The predicted molar refractivity (Wildman–Crippen MR) is 122 cm³/mol. The lowest BCUT2D eigenvalue weighted by atomic mass is 9.94. The fourth-order valence-corrected chi connectivity index (χ4v) is 5.17. The van der Waals surface area contributed by atoms with E-state index in [0.29, 0.717) is 17.5 Å². The number of halogens is 7. The maximum Gasteiger partial charge on any atom is 0.412 e. The van der Waals surface area contributed by atoms with Crippen LogP contribution >= 0.6 is 33.4 Å². The molecule has 17 heteroatoms. The Kier molecular flexibility index (Phi) is 5.52. The number of nitrogens with two attached hydrogens (primary N) is 1. The Labute approximate surface area is 215 Å². The minimum atomic E-state index is -10.2. The van der Waals surface area contributed by atoms with Crippen molar-refractivity contribution in [1.29, 1.82) is 10.5 Å². The fourth-order valence-electron chi connectivity index (χ4n) is 3.71. The molecule has 0 atom stereocenters. The van der Waals surface area contributed by atoms with Crippen molar-refractivity contribution in [3.05, 3.63) is 33.4 Å². The molecule has 198 valence electrons. The van der Waals surface area contributed by atoms with Crippen molar-refractivity contribution >= 4 is 51.2 Å². The van der Waals surface area contributed by atoms with Gasteiger partial charge >= 0.3 is 16.3 Å². The van der Waals surface area contributed by atoms with E-state index >= 15 is 0 Å². The van der Waals surface area contributed by atoms with E-state index in [0.717, 1.165) is 0 Å². The monoisotopic (exact) mass is 584 g/mol. The number of anilines is 1. The number of amides is 2. The fraction of sp³-hybridized carbons (Fsp3) is 0.350. The van der Waals surface area contributed by atoms with E-state index in [-0.39, 0.29) is 37.1 Å². The Bertz CT molecular complexity index is 1430. The van der Waals surface area contributed by atoms with Crippen LogP contribution in [0, 0.1) is 28.1 Å². The Morgan fingerprint density at radius 3 is 2.11 bits per heavy atom. The lowest BCUT2D eigenvalue weighted by molar-refractivity contribution is -0.120. The van der Waals surface area contributed by atoms with Crippen molar-refractivity contribution in [3.8, 4) is 17.8 Å². The van der Waals surface area contributed by atoms with Gasteiger partial charge in [0.25, 0.3) is 0 Å². The summed E-state index contributed by atoms with van der Waals surface area (Å²) in [4.78, 5) is 22.5. The Morgan fingerprint density at radius 1 is 1.14 bits per heavy atom. The van der Waals surface area contributed by atoms with E-state index in [4.69, 9.17) is 38.9 Å². The molecular formula is C20H15Cl2F5N6O3S. The van der Waals surface area contributed by atoms with Crippen molar-refractivity contribution in [3.63, 3.8) is 0 Å². The molecule has 0 radical (unpaired) electrons. The zero-order chi connectivity index (χ0) is 27.7. The number of aromatic nitrogens is 2. The quantitative estimate of drug-likeness (QED) is 0.377. The summed E-state index contributed by atoms with van der Waals surface area (Å²) in [5.41, 5.74) is 1.98. The van der Waals surface area contributed by atoms with Crippen molar-refractivity contribution in [2.45, 2.75) is 36.0 Å². The zero-order valence-corrected chi connectivity index (χ0v) is 20.7. The normalized spacial score (nSPS) is 18.9. The summed E-state index contributed by atoms with van der Waals surface area (Å²) in [7, 11) is -10.2. The summed E-state index contributed by atoms with van der Waals surface area (Å²) in [5.74, 6) is -1.32. The molecule has 2 aliphatic carbocycles. The second-order valence-electron chi connectivity index (χ2n) is 8.84. The lowest BCUT2D eigenvalue weighted by Gasteiger charge is -2.40. The van der Waals surface area contributed by atoms with Gasteiger partial charge in [-0.25, -0.2) is 9.48 Å². The van der Waals surface area contributed by atoms with Gasteiger partial charge in [-0.1, -0.05) is 42.6 Å². The SMILES string of the molecule is N#Cc1nn(-c2c(Cl)cc(S(F)(F)(F)(F)F)cc2Cl)c(NC(=O)OCC2(C#N)CC2)c1C1(C(N)=O)CC1. The number of nitriles is 2. The van der Waals surface area contributed by atoms with Crippen LogP contribution < -0.4 is 11.1 Å². The highest BCUT2D eigenvalue weighted by Gasteiger charge is 2.65. The first kappa shape index (κ1) is 26.8. The molecule has 1 heterocycles. The highest BCUT2D eigenvalue weighted by molar-refractivity contribution is 8.45. The van der Waals surface area contributed by atoms with E-state index in [1.807, 2.05) is 6.07 Å². The lowest BCUT2D eigenvalue weighted by Crippen LogP contribution is -2.30. The van der Waals surface area contributed by atoms with Crippen molar-refractivity contribution in [2.75, 3.05) is 11.9 Å². The molecule has 1 aromatic carbocycles. The van der Waals surface area contributed by atoms with Crippen LogP contribution in [-0.2, 0) is 14.9 Å². The first-order valence-corrected chi connectivity index (χ1v) is 13.0. The van der Waals surface area contributed by atoms with E-state index < -0.39 is 65.2 Å². The second-order valence-corrected chi connectivity index (χ2v) is 12.1. The van der Waals surface area contributed by atoms with Gasteiger partial charge in [0, 0.05) is 5.56 Å². The third-order valence-corrected chi connectivity index (χ3v) is 7.83. The maximum atomic E-state index is 13.4. The van der Waals surface area contributed by atoms with Crippen LogP contribution in [0.2, 0.25) is 10.0 Å². The minimum Gasteiger partial charge on any atom is -0.448 e. The topological polar surface area (TPSA) is 147 Å². The number of benzene rings is 1. The van der Waals surface area contributed by atoms with Gasteiger partial charge in [-0.15, -0.1) is 0 Å². The van der Waals surface area contributed by atoms with Crippen LogP contribution in [-0.4, -0.2) is 28.4 Å². The Hall–Kier alpha value is -3.27. The molecule has 9 nitrogen and oxygen atoms in total. The molecule has 0 spiro atoms. The third-order valence-electron chi connectivity index (χ3n) is 6.13. The van der Waals surface area contributed by atoms with Crippen LogP contribution in [0.5, 0.6) is 0 Å². The largest absolute Gasteiger partial charge is 0.448 e. The Morgan fingerprint density at radius 2 is 1.70 bits per heavy atom.